The third kappa shape index (κ3) is 3.94. The molecule has 4 aromatic heterocycles. The molecule has 1 saturated heterocycles. The normalized spacial score (nSPS) is 14.9. The van der Waals surface area contributed by atoms with Crippen LogP contribution < -0.4 is 16.0 Å². The topological polar surface area (TPSA) is 99.5 Å². The largest absolute Gasteiger partial charge is 0.354 e. The smallest absolute Gasteiger partial charge is 0.258 e. The van der Waals surface area contributed by atoms with Gasteiger partial charge in [0.15, 0.2) is 4.96 Å². The highest BCUT2D eigenvalue weighted by molar-refractivity contribution is 7.15. The second-order valence-electron chi connectivity index (χ2n) is 7.93. The summed E-state index contributed by atoms with van der Waals surface area (Å²) >= 11 is 1.47. The van der Waals surface area contributed by atoms with E-state index in [1.807, 2.05) is 24.4 Å². The Morgan fingerprint density at radius 2 is 1.91 bits per heavy atom. The van der Waals surface area contributed by atoms with E-state index in [1.54, 1.807) is 29.8 Å². The van der Waals surface area contributed by atoms with Crippen LogP contribution in [0, 0.1) is 13.8 Å². The van der Waals surface area contributed by atoms with Crippen LogP contribution in [0.5, 0.6) is 0 Å². The van der Waals surface area contributed by atoms with Gasteiger partial charge in [-0.2, -0.15) is 0 Å². The van der Waals surface area contributed by atoms with E-state index in [-0.39, 0.29) is 11.1 Å². The van der Waals surface area contributed by atoms with Crippen LogP contribution in [0.15, 0.2) is 45.6 Å². The molecule has 0 aromatic carbocycles. The fraction of sp³-hybridized carbons (Fsp3) is 0.318. The van der Waals surface area contributed by atoms with Gasteiger partial charge in [-0.1, -0.05) is 0 Å². The number of thiazole rings is 1. The average molecular weight is 450 g/mol. The van der Waals surface area contributed by atoms with Gasteiger partial charge in [0.05, 0.1) is 5.69 Å². The molecule has 5 heterocycles. The minimum Gasteiger partial charge on any atom is -0.354 e. The van der Waals surface area contributed by atoms with Gasteiger partial charge in [0.1, 0.15) is 11.6 Å². The fourth-order valence-corrected chi connectivity index (χ4v) is 4.57. The third-order valence-electron chi connectivity index (χ3n) is 5.85. The van der Waals surface area contributed by atoms with Crippen LogP contribution in [-0.4, -0.2) is 55.4 Å². The Morgan fingerprint density at radius 3 is 2.62 bits per heavy atom. The standard InChI is InChI=1S/C22H23N7O2S/c1-14-15(2)24-20(26-21(14)31)16-3-4-18(23-12-16)28-7-5-27(6-8-28)13-17-11-19(30)29-9-10-32-22(29)25-17/h3-4,9-12H,5-8,13H2,1-2H3,(H,24,26,31). The quantitative estimate of drug-likeness (QED) is 0.507. The molecule has 1 aliphatic heterocycles. The van der Waals surface area contributed by atoms with Gasteiger partial charge in [0.25, 0.3) is 11.1 Å². The maximum Gasteiger partial charge on any atom is 0.258 e. The number of aromatic amines is 1. The van der Waals surface area contributed by atoms with E-state index in [9.17, 15) is 9.59 Å². The number of hydrogen-bond acceptors (Lipinski definition) is 8. The highest BCUT2D eigenvalue weighted by Crippen LogP contribution is 2.19. The maximum atomic E-state index is 12.2. The summed E-state index contributed by atoms with van der Waals surface area (Å²) in [4.78, 5) is 46.0. The summed E-state index contributed by atoms with van der Waals surface area (Å²) in [5.74, 6) is 1.43. The highest BCUT2D eigenvalue weighted by atomic mass is 32.1. The Morgan fingerprint density at radius 1 is 1.09 bits per heavy atom. The zero-order valence-corrected chi connectivity index (χ0v) is 18.7. The third-order valence-corrected chi connectivity index (χ3v) is 6.61. The van der Waals surface area contributed by atoms with Gasteiger partial charge >= 0.3 is 0 Å². The van der Waals surface area contributed by atoms with Crippen molar-refractivity contribution in [1.29, 1.82) is 0 Å². The first kappa shape index (κ1) is 20.5. The summed E-state index contributed by atoms with van der Waals surface area (Å²) in [6.45, 7) is 7.66. The Bertz CT molecular complexity index is 1380. The van der Waals surface area contributed by atoms with Crippen molar-refractivity contribution in [3.8, 4) is 11.4 Å². The van der Waals surface area contributed by atoms with E-state index in [4.69, 9.17) is 0 Å². The second kappa shape index (κ2) is 8.29. The van der Waals surface area contributed by atoms with E-state index in [0.29, 0.717) is 17.9 Å². The van der Waals surface area contributed by atoms with Crippen LogP contribution in [0.25, 0.3) is 16.3 Å². The van der Waals surface area contributed by atoms with Gasteiger partial charge in [0.2, 0.25) is 0 Å². The summed E-state index contributed by atoms with van der Waals surface area (Å²) in [7, 11) is 0. The Kier molecular flexibility index (Phi) is 5.32. The first-order chi connectivity index (χ1) is 15.5. The number of H-pyrrole nitrogens is 1. The molecular weight excluding hydrogens is 426 g/mol. The van der Waals surface area contributed by atoms with Gasteiger partial charge in [-0.3, -0.25) is 18.9 Å². The maximum absolute atomic E-state index is 12.2. The molecule has 1 fully saturated rings. The molecule has 0 bridgehead atoms. The number of anilines is 1. The predicted molar refractivity (Wildman–Crippen MR) is 124 cm³/mol. The van der Waals surface area contributed by atoms with Crippen molar-refractivity contribution < 1.29 is 0 Å². The first-order valence-corrected chi connectivity index (χ1v) is 11.3. The number of nitrogens with one attached hydrogen (secondary N) is 1. The predicted octanol–water partition coefficient (Wildman–Crippen LogP) is 1.84. The molecule has 164 valence electrons. The molecule has 10 heteroatoms. The van der Waals surface area contributed by atoms with Gasteiger partial charge in [-0.25, -0.2) is 15.0 Å². The highest BCUT2D eigenvalue weighted by Gasteiger charge is 2.19. The lowest BCUT2D eigenvalue weighted by molar-refractivity contribution is 0.246. The molecule has 0 atom stereocenters. The molecule has 32 heavy (non-hydrogen) atoms. The van der Waals surface area contributed by atoms with Crippen molar-refractivity contribution in [3.63, 3.8) is 0 Å². The molecule has 9 nitrogen and oxygen atoms in total. The molecule has 0 unspecified atom stereocenters. The Labute approximate surface area is 188 Å². The van der Waals surface area contributed by atoms with Crippen molar-refractivity contribution in [2.75, 3.05) is 31.1 Å². The van der Waals surface area contributed by atoms with Crippen LogP contribution in [-0.2, 0) is 6.54 Å². The Balaban J connectivity index is 1.24. The van der Waals surface area contributed by atoms with E-state index >= 15 is 0 Å². The Hall–Kier alpha value is -3.37. The summed E-state index contributed by atoms with van der Waals surface area (Å²) in [5.41, 5.74) is 2.79. The van der Waals surface area contributed by atoms with E-state index in [2.05, 4.69) is 29.7 Å². The molecule has 4 aromatic rings. The van der Waals surface area contributed by atoms with Crippen LogP contribution in [0.2, 0.25) is 0 Å². The van der Waals surface area contributed by atoms with Gasteiger partial charge < -0.3 is 9.88 Å². The molecule has 0 radical (unpaired) electrons. The van der Waals surface area contributed by atoms with Gasteiger partial charge in [0, 0.05) is 73.4 Å². The number of nitrogens with zero attached hydrogens (tertiary/aromatic N) is 6. The number of hydrogen-bond donors (Lipinski definition) is 1. The number of rotatable bonds is 4. The van der Waals surface area contributed by atoms with Crippen molar-refractivity contribution in [2.45, 2.75) is 20.4 Å². The van der Waals surface area contributed by atoms with Crippen LogP contribution in [0.1, 0.15) is 17.0 Å². The van der Waals surface area contributed by atoms with E-state index < -0.39 is 0 Å². The van der Waals surface area contributed by atoms with E-state index in [1.165, 1.54) is 11.3 Å². The SMILES string of the molecule is Cc1nc(-c2ccc(N3CCN(Cc4cc(=O)n5ccsc5n4)CC3)nc2)[nH]c(=O)c1C. The van der Waals surface area contributed by atoms with Crippen molar-refractivity contribution >= 4 is 22.1 Å². The average Bonchev–Trinajstić information content (AvgIpc) is 3.27. The molecule has 1 N–H and O–H groups in total. The van der Waals surface area contributed by atoms with Crippen LogP contribution >= 0.6 is 11.3 Å². The number of fused-ring (bicyclic) bond motifs is 1. The minimum absolute atomic E-state index is 0.0335. The van der Waals surface area contributed by atoms with Crippen molar-refractivity contribution in [2.24, 2.45) is 0 Å². The number of aromatic nitrogens is 5. The zero-order chi connectivity index (χ0) is 22.2. The lowest BCUT2D eigenvalue weighted by Gasteiger charge is -2.35. The lowest BCUT2D eigenvalue weighted by Crippen LogP contribution is -2.46. The van der Waals surface area contributed by atoms with Crippen LogP contribution in [0.3, 0.4) is 0 Å². The van der Waals surface area contributed by atoms with Crippen molar-refractivity contribution in [3.05, 3.63) is 73.6 Å². The second-order valence-corrected chi connectivity index (χ2v) is 8.81. The molecule has 0 spiro atoms. The summed E-state index contributed by atoms with van der Waals surface area (Å²) in [6.07, 6.45) is 3.51. The van der Waals surface area contributed by atoms with Crippen LogP contribution in [0.4, 0.5) is 5.82 Å². The monoisotopic (exact) mass is 449 g/mol. The molecule has 0 amide bonds. The molecule has 0 saturated carbocycles. The molecule has 1 aliphatic rings. The number of piperazine rings is 1. The molecule has 5 rings (SSSR count). The lowest BCUT2D eigenvalue weighted by atomic mass is 10.2. The summed E-state index contributed by atoms with van der Waals surface area (Å²) in [5, 5.41) is 1.87. The van der Waals surface area contributed by atoms with Gasteiger partial charge in [-0.15, -0.1) is 11.3 Å². The van der Waals surface area contributed by atoms with E-state index in [0.717, 1.165) is 53.9 Å². The molecular formula is C22H23N7O2S. The molecule has 0 aliphatic carbocycles. The first-order valence-electron chi connectivity index (χ1n) is 10.4. The zero-order valence-electron chi connectivity index (χ0n) is 17.9. The van der Waals surface area contributed by atoms with Gasteiger partial charge in [-0.05, 0) is 26.0 Å². The fourth-order valence-electron chi connectivity index (χ4n) is 3.83. The summed E-state index contributed by atoms with van der Waals surface area (Å²) < 4.78 is 1.57. The number of aryl methyl sites for hydroxylation is 1. The van der Waals surface area contributed by atoms with Crippen molar-refractivity contribution in [1.82, 2.24) is 29.2 Å². The number of pyridine rings is 1. The summed E-state index contributed by atoms with van der Waals surface area (Å²) in [6, 6.07) is 5.53. The minimum atomic E-state index is -0.122.